The van der Waals surface area contributed by atoms with Gasteiger partial charge >= 0.3 is 5.97 Å². The number of aryl methyl sites for hydroxylation is 2. The zero-order valence-corrected chi connectivity index (χ0v) is 16.6. The molecule has 1 aromatic heterocycles. The van der Waals surface area contributed by atoms with Gasteiger partial charge < -0.3 is 14.2 Å². The summed E-state index contributed by atoms with van der Waals surface area (Å²) >= 11 is 1.55. The van der Waals surface area contributed by atoms with E-state index < -0.39 is 5.97 Å². The molecule has 0 amide bonds. The second kappa shape index (κ2) is 9.32. The molecule has 1 heterocycles. The topological polar surface area (TPSA) is 78.9 Å². The minimum atomic E-state index is -0.582. The van der Waals surface area contributed by atoms with Crippen molar-refractivity contribution in [2.45, 2.75) is 26.7 Å². The minimum Gasteiger partial charge on any atom is -0.493 e. The largest absolute Gasteiger partial charge is 0.493 e. The Morgan fingerprint density at radius 2 is 1.63 bits per heavy atom. The van der Waals surface area contributed by atoms with Gasteiger partial charge in [-0.25, -0.2) is 0 Å². The van der Waals surface area contributed by atoms with Gasteiger partial charge in [-0.2, -0.15) is 0 Å². The van der Waals surface area contributed by atoms with Crippen LogP contribution in [0, 0.1) is 13.8 Å². The molecule has 0 radical (unpaired) electrons. The van der Waals surface area contributed by atoms with E-state index in [1.54, 1.807) is 23.5 Å². The van der Waals surface area contributed by atoms with E-state index in [4.69, 9.17) is 14.2 Å². The number of esters is 1. The van der Waals surface area contributed by atoms with Gasteiger partial charge in [-0.1, -0.05) is 0 Å². The molecule has 0 fully saturated rings. The molecule has 0 aliphatic heterocycles. The van der Waals surface area contributed by atoms with Crippen LogP contribution in [-0.4, -0.2) is 38.4 Å². The van der Waals surface area contributed by atoms with Crippen LogP contribution >= 0.6 is 11.3 Å². The molecule has 0 bridgehead atoms. The summed E-state index contributed by atoms with van der Waals surface area (Å²) in [4.78, 5) is 38.2. The summed E-state index contributed by atoms with van der Waals surface area (Å²) in [5.41, 5.74) is 0.993. The van der Waals surface area contributed by atoms with Gasteiger partial charge in [0.25, 0.3) is 0 Å². The fourth-order valence-corrected chi connectivity index (χ4v) is 3.51. The first kappa shape index (κ1) is 20.6. The average Bonchev–Trinajstić information content (AvgIpc) is 3.01. The van der Waals surface area contributed by atoms with Crippen molar-refractivity contribution >= 4 is 28.9 Å². The van der Waals surface area contributed by atoms with Crippen LogP contribution in [0.15, 0.2) is 24.3 Å². The van der Waals surface area contributed by atoms with Crippen LogP contribution in [0.1, 0.15) is 43.3 Å². The lowest BCUT2D eigenvalue weighted by molar-refractivity contribution is -0.142. The zero-order chi connectivity index (χ0) is 20.0. The van der Waals surface area contributed by atoms with Crippen LogP contribution in [-0.2, 0) is 9.53 Å². The van der Waals surface area contributed by atoms with Crippen molar-refractivity contribution in [3.05, 3.63) is 45.1 Å². The highest BCUT2D eigenvalue weighted by Gasteiger charge is 2.16. The first-order chi connectivity index (χ1) is 12.8. The third kappa shape index (κ3) is 5.40. The summed E-state index contributed by atoms with van der Waals surface area (Å²) in [7, 11) is 2.97. The second-order valence-corrected chi connectivity index (χ2v) is 7.36. The molecule has 144 valence electrons. The van der Waals surface area contributed by atoms with E-state index in [1.807, 2.05) is 19.9 Å². The molecule has 2 rings (SSSR count). The van der Waals surface area contributed by atoms with Crippen LogP contribution in [0.5, 0.6) is 11.5 Å². The molecule has 6 nitrogen and oxygen atoms in total. The lowest BCUT2D eigenvalue weighted by Crippen LogP contribution is -2.15. The van der Waals surface area contributed by atoms with E-state index in [2.05, 4.69) is 0 Å². The molecule has 0 saturated heterocycles. The van der Waals surface area contributed by atoms with E-state index in [1.165, 1.54) is 20.3 Å². The third-order valence-electron chi connectivity index (χ3n) is 3.97. The molecule has 2 aromatic rings. The minimum absolute atomic E-state index is 0.0559. The standard InChI is InChI=1S/C20H22O6S/c1-12-9-15(13(2)27-12)16(21)6-8-20(23)26-11-17(22)14-5-7-18(24-3)19(10-14)25-4/h5,7,9-10H,6,8,11H2,1-4H3. The molecule has 0 aliphatic rings. The average molecular weight is 390 g/mol. The SMILES string of the molecule is COc1ccc(C(=O)COC(=O)CCC(=O)c2cc(C)sc2C)cc1OC. The van der Waals surface area contributed by atoms with Gasteiger partial charge in [0, 0.05) is 27.3 Å². The lowest BCUT2D eigenvalue weighted by Gasteiger charge is -2.09. The molecule has 27 heavy (non-hydrogen) atoms. The van der Waals surface area contributed by atoms with Gasteiger partial charge in [0.05, 0.1) is 20.6 Å². The van der Waals surface area contributed by atoms with E-state index in [0.29, 0.717) is 22.6 Å². The third-order valence-corrected chi connectivity index (χ3v) is 4.93. The van der Waals surface area contributed by atoms with Gasteiger partial charge in [0.15, 0.2) is 29.7 Å². The number of hydrogen-bond donors (Lipinski definition) is 0. The van der Waals surface area contributed by atoms with Crippen molar-refractivity contribution in [3.8, 4) is 11.5 Å². The maximum absolute atomic E-state index is 12.2. The zero-order valence-electron chi connectivity index (χ0n) is 15.8. The van der Waals surface area contributed by atoms with Crippen molar-refractivity contribution in [2.24, 2.45) is 0 Å². The molecule has 7 heteroatoms. The predicted octanol–water partition coefficient (Wildman–Crippen LogP) is 3.77. The molecule has 0 unspecified atom stereocenters. The molecular weight excluding hydrogens is 368 g/mol. The molecule has 0 saturated carbocycles. The fraction of sp³-hybridized carbons (Fsp3) is 0.350. The Hall–Kier alpha value is -2.67. The lowest BCUT2D eigenvalue weighted by atomic mass is 10.1. The number of rotatable bonds is 9. The molecular formula is C20H22O6S. The Labute approximate surface area is 162 Å². The van der Waals surface area contributed by atoms with Gasteiger partial charge in [-0.15, -0.1) is 11.3 Å². The molecule has 1 aromatic carbocycles. The van der Waals surface area contributed by atoms with Crippen LogP contribution < -0.4 is 9.47 Å². The van der Waals surface area contributed by atoms with Crippen LogP contribution in [0.25, 0.3) is 0 Å². The Morgan fingerprint density at radius 1 is 0.926 bits per heavy atom. The number of thiophene rings is 1. The quantitative estimate of drug-likeness (QED) is 0.479. The van der Waals surface area contributed by atoms with Gasteiger partial charge in [0.1, 0.15) is 0 Å². The van der Waals surface area contributed by atoms with Gasteiger partial charge in [-0.05, 0) is 38.1 Å². The smallest absolute Gasteiger partial charge is 0.306 e. The Bertz CT molecular complexity index is 852. The van der Waals surface area contributed by atoms with Crippen molar-refractivity contribution in [1.82, 2.24) is 0 Å². The van der Waals surface area contributed by atoms with Crippen molar-refractivity contribution in [1.29, 1.82) is 0 Å². The highest BCUT2D eigenvalue weighted by Crippen LogP contribution is 2.27. The predicted molar refractivity (Wildman–Crippen MR) is 102 cm³/mol. The summed E-state index contributed by atoms with van der Waals surface area (Å²) in [6, 6.07) is 6.54. The first-order valence-corrected chi connectivity index (χ1v) is 9.18. The van der Waals surface area contributed by atoms with Gasteiger partial charge in [0.2, 0.25) is 0 Å². The summed E-state index contributed by atoms with van der Waals surface area (Å²) in [5, 5.41) is 0. The number of carbonyl (C=O) groups is 3. The number of ketones is 2. The first-order valence-electron chi connectivity index (χ1n) is 8.36. The number of methoxy groups -OCH3 is 2. The van der Waals surface area contributed by atoms with Gasteiger partial charge in [-0.3, -0.25) is 14.4 Å². The maximum Gasteiger partial charge on any atom is 0.306 e. The van der Waals surface area contributed by atoms with E-state index >= 15 is 0 Å². The van der Waals surface area contributed by atoms with Crippen molar-refractivity contribution in [3.63, 3.8) is 0 Å². The number of carbonyl (C=O) groups excluding carboxylic acids is 3. The number of benzene rings is 1. The maximum atomic E-state index is 12.2. The Kier molecular flexibility index (Phi) is 7.12. The number of ether oxygens (including phenoxy) is 3. The van der Waals surface area contributed by atoms with Crippen LogP contribution in [0.3, 0.4) is 0 Å². The fourth-order valence-electron chi connectivity index (χ4n) is 2.57. The van der Waals surface area contributed by atoms with Crippen molar-refractivity contribution in [2.75, 3.05) is 20.8 Å². The highest BCUT2D eigenvalue weighted by atomic mass is 32.1. The van der Waals surface area contributed by atoms with Crippen molar-refractivity contribution < 1.29 is 28.6 Å². The van der Waals surface area contributed by atoms with E-state index in [0.717, 1.165) is 9.75 Å². The summed E-state index contributed by atoms with van der Waals surface area (Å²) < 4.78 is 15.3. The highest BCUT2D eigenvalue weighted by molar-refractivity contribution is 7.12. The summed E-state index contributed by atoms with van der Waals surface area (Å²) in [5.74, 6) is -0.119. The number of Topliss-reactive ketones (excluding diaryl/α,β-unsaturated/α-hetero) is 2. The molecule has 0 aliphatic carbocycles. The number of hydrogen-bond acceptors (Lipinski definition) is 7. The Balaban J connectivity index is 1.85. The van der Waals surface area contributed by atoms with Crippen LogP contribution in [0.4, 0.5) is 0 Å². The molecule has 0 N–H and O–H groups in total. The molecule has 0 atom stereocenters. The molecule has 0 spiro atoms. The monoisotopic (exact) mass is 390 g/mol. The Morgan fingerprint density at radius 3 is 2.22 bits per heavy atom. The van der Waals surface area contributed by atoms with E-state index in [9.17, 15) is 14.4 Å². The van der Waals surface area contributed by atoms with Crippen LogP contribution in [0.2, 0.25) is 0 Å². The van der Waals surface area contributed by atoms with E-state index in [-0.39, 0.29) is 31.0 Å². The summed E-state index contributed by atoms with van der Waals surface area (Å²) in [6.07, 6.45) is -0.00717. The second-order valence-electron chi connectivity index (χ2n) is 5.90. The normalized spacial score (nSPS) is 10.4. The summed E-state index contributed by atoms with van der Waals surface area (Å²) in [6.45, 7) is 3.42.